The van der Waals surface area contributed by atoms with Crippen LogP contribution in [0, 0.1) is 5.92 Å². The van der Waals surface area contributed by atoms with Crippen molar-refractivity contribution in [3.63, 3.8) is 0 Å². The van der Waals surface area contributed by atoms with Gasteiger partial charge < -0.3 is 9.80 Å². The first kappa shape index (κ1) is 25.5. The van der Waals surface area contributed by atoms with E-state index < -0.39 is 0 Å². The molecule has 1 aromatic heterocycles. The zero-order valence-corrected chi connectivity index (χ0v) is 23.0. The van der Waals surface area contributed by atoms with Crippen molar-refractivity contribution in [1.82, 2.24) is 14.7 Å². The maximum absolute atomic E-state index is 13.1. The lowest BCUT2D eigenvalue weighted by molar-refractivity contribution is -0.911. The van der Waals surface area contributed by atoms with E-state index in [1.165, 1.54) is 15.9 Å². The number of rotatable bonds is 3. The topological polar surface area (TPSA) is 68.0 Å². The van der Waals surface area contributed by atoms with Crippen LogP contribution in [0.15, 0.2) is 34.9 Å². The predicted octanol–water partition coefficient (Wildman–Crippen LogP) is 3.61. The molecular formula is C27H33BrClN4O3+. The highest BCUT2D eigenvalue weighted by Crippen LogP contribution is 2.37. The normalized spacial score (nSPS) is 21.0. The number of nitrogens with zero attached hydrogens (tertiary/aromatic N) is 4. The number of halogens is 2. The Labute approximate surface area is 225 Å². The van der Waals surface area contributed by atoms with Gasteiger partial charge in [-0.05, 0) is 76.9 Å². The van der Waals surface area contributed by atoms with Crippen LogP contribution >= 0.6 is 27.5 Å². The lowest BCUT2D eigenvalue weighted by Crippen LogP contribution is -2.52. The van der Waals surface area contributed by atoms with Crippen LogP contribution in [0.3, 0.4) is 0 Å². The number of aromatic nitrogens is 1. The summed E-state index contributed by atoms with van der Waals surface area (Å²) in [5.41, 5.74) is 4.37. The van der Waals surface area contributed by atoms with E-state index in [2.05, 4.69) is 33.0 Å². The van der Waals surface area contributed by atoms with Crippen molar-refractivity contribution < 1.29 is 19.5 Å². The first-order chi connectivity index (χ1) is 17.3. The molecule has 9 heteroatoms. The number of carbonyl (C=O) groups excluding carboxylic acids is 2. The summed E-state index contributed by atoms with van der Waals surface area (Å²) in [4.78, 5) is 30.9. The minimum absolute atomic E-state index is 0.110. The Kier molecular flexibility index (Phi) is 7.56. The molecule has 2 aromatic rings. The second-order valence-corrected chi connectivity index (χ2v) is 11.6. The van der Waals surface area contributed by atoms with Crippen LogP contribution in [0.5, 0.6) is 0 Å². The second-order valence-electron chi connectivity index (χ2n) is 10.2. The van der Waals surface area contributed by atoms with Crippen LogP contribution in [-0.4, -0.2) is 71.0 Å². The third kappa shape index (κ3) is 5.27. The van der Waals surface area contributed by atoms with E-state index in [0.29, 0.717) is 25.4 Å². The summed E-state index contributed by atoms with van der Waals surface area (Å²) in [5.74, 6) is 0.685. The summed E-state index contributed by atoms with van der Waals surface area (Å²) >= 11 is 9.87. The van der Waals surface area contributed by atoms with Gasteiger partial charge in [-0.15, -0.1) is 0 Å². The fourth-order valence-electron chi connectivity index (χ4n) is 6.01. The number of fused-ring (bicyclic) bond motifs is 2. The molecule has 3 aliphatic rings. The number of hydrogen-bond acceptors (Lipinski definition) is 4. The van der Waals surface area contributed by atoms with E-state index in [-0.39, 0.29) is 17.9 Å². The molecule has 2 saturated heterocycles. The van der Waals surface area contributed by atoms with Gasteiger partial charge in [-0.3, -0.25) is 19.7 Å². The van der Waals surface area contributed by atoms with Crippen molar-refractivity contribution in [2.45, 2.75) is 45.1 Å². The summed E-state index contributed by atoms with van der Waals surface area (Å²) < 4.78 is 2.11. The number of piperazine rings is 1. The molecule has 0 spiro atoms. The molecule has 2 fully saturated rings. The fourth-order valence-corrected chi connectivity index (χ4v) is 6.68. The van der Waals surface area contributed by atoms with E-state index in [4.69, 9.17) is 11.6 Å². The van der Waals surface area contributed by atoms with Crippen LogP contribution in [0.4, 0.5) is 0 Å². The Bertz CT molecular complexity index is 1160. The number of pyridine rings is 1. The van der Waals surface area contributed by atoms with E-state index in [1.807, 2.05) is 21.9 Å². The lowest BCUT2D eigenvalue weighted by Gasteiger charge is -2.39. The zero-order chi connectivity index (χ0) is 25.4. The summed E-state index contributed by atoms with van der Waals surface area (Å²) in [5, 5.41) is 11.7. The molecule has 1 aliphatic carbocycles. The zero-order valence-electron chi connectivity index (χ0n) is 20.6. The first-order valence-electron chi connectivity index (χ1n) is 12.8. The van der Waals surface area contributed by atoms with Crippen LogP contribution in [0.1, 0.15) is 54.6 Å². The third-order valence-corrected chi connectivity index (χ3v) is 8.68. The number of aryl methyl sites for hydroxylation is 2. The highest BCUT2D eigenvalue weighted by molar-refractivity contribution is 9.10. The number of likely N-dealkylation sites (tertiary alicyclic amines) is 1. The Morgan fingerprint density at radius 3 is 2.42 bits per heavy atom. The fraction of sp³-hybridized carbons (Fsp3) is 0.519. The molecule has 0 bridgehead atoms. The SMILES string of the molecule is CC(=O)N1CCC(CC(=O)N2CCN([C@H]3c4ccc(Cl)cc4CCc4cc(Br)c[n+](O)c43)CC2)CC1. The van der Waals surface area contributed by atoms with Crippen molar-refractivity contribution in [1.29, 1.82) is 0 Å². The Hall–Kier alpha value is -2.16. The van der Waals surface area contributed by atoms with Crippen LogP contribution < -0.4 is 4.73 Å². The number of benzene rings is 1. The third-order valence-electron chi connectivity index (χ3n) is 8.01. The summed E-state index contributed by atoms with van der Waals surface area (Å²) in [6, 6.07) is 8.05. The van der Waals surface area contributed by atoms with Gasteiger partial charge in [0, 0.05) is 67.9 Å². The van der Waals surface area contributed by atoms with Crippen molar-refractivity contribution in [2.75, 3.05) is 39.3 Å². The average Bonchev–Trinajstić information content (AvgIpc) is 3.01. The van der Waals surface area contributed by atoms with Gasteiger partial charge in [0.15, 0.2) is 0 Å². The maximum Gasteiger partial charge on any atom is 0.258 e. The molecular weight excluding hydrogens is 544 g/mol. The number of hydrogen-bond donors (Lipinski definition) is 1. The van der Waals surface area contributed by atoms with Crippen molar-refractivity contribution >= 4 is 39.3 Å². The summed E-state index contributed by atoms with van der Waals surface area (Å²) in [7, 11) is 0. The van der Waals surface area contributed by atoms with Gasteiger partial charge in [-0.25, -0.2) is 0 Å². The Morgan fingerprint density at radius 2 is 1.72 bits per heavy atom. The summed E-state index contributed by atoms with van der Waals surface area (Å²) in [6.45, 7) is 5.92. The van der Waals surface area contributed by atoms with Gasteiger partial charge in [-0.1, -0.05) is 17.7 Å². The van der Waals surface area contributed by atoms with E-state index >= 15 is 0 Å². The smallest absolute Gasteiger partial charge is 0.258 e. The minimum atomic E-state index is -0.110. The van der Waals surface area contributed by atoms with Crippen molar-refractivity contribution in [2.24, 2.45) is 5.92 Å². The van der Waals surface area contributed by atoms with Gasteiger partial charge in [0.1, 0.15) is 6.04 Å². The van der Waals surface area contributed by atoms with Crippen LogP contribution in [0.25, 0.3) is 0 Å². The lowest BCUT2D eigenvalue weighted by atomic mass is 9.92. The molecule has 3 heterocycles. The van der Waals surface area contributed by atoms with Gasteiger partial charge in [0.05, 0.1) is 4.47 Å². The van der Waals surface area contributed by atoms with Crippen LogP contribution in [0.2, 0.25) is 5.02 Å². The molecule has 0 radical (unpaired) electrons. The van der Waals surface area contributed by atoms with Gasteiger partial charge in [0.25, 0.3) is 5.69 Å². The van der Waals surface area contributed by atoms with Gasteiger partial charge >= 0.3 is 0 Å². The Balaban J connectivity index is 1.31. The van der Waals surface area contributed by atoms with Crippen molar-refractivity contribution in [3.05, 3.63) is 62.3 Å². The highest BCUT2D eigenvalue weighted by Gasteiger charge is 2.39. The average molecular weight is 577 g/mol. The van der Waals surface area contributed by atoms with E-state index in [1.54, 1.807) is 13.1 Å². The molecule has 0 saturated carbocycles. The molecule has 1 aromatic carbocycles. The first-order valence-corrected chi connectivity index (χ1v) is 14.0. The second kappa shape index (κ2) is 10.7. The molecule has 1 atom stereocenters. The van der Waals surface area contributed by atoms with E-state index in [0.717, 1.165) is 72.6 Å². The molecule has 0 unspecified atom stereocenters. The van der Waals surface area contributed by atoms with Gasteiger partial charge in [0.2, 0.25) is 18.0 Å². The van der Waals surface area contributed by atoms with Crippen LogP contribution in [-0.2, 0) is 22.4 Å². The Morgan fingerprint density at radius 1 is 1.03 bits per heavy atom. The standard InChI is InChI=1S/C27H33BrClN4O3/c1-18(34)30-8-6-19(7-9-30)14-25(35)31-10-12-32(13-11-31)27-24-5-4-23(29)16-20(24)2-3-21-15-22(28)17-33(36)26(21)27/h4-5,15-17,19,27,36H,2-3,6-14H2,1H3/q+1/t27-/m0/s1. The number of carbonyl (C=O) groups is 2. The highest BCUT2D eigenvalue weighted by atomic mass is 79.9. The molecule has 1 N–H and O–H groups in total. The minimum Gasteiger partial charge on any atom is -0.343 e. The maximum atomic E-state index is 13.1. The predicted molar refractivity (Wildman–Crippen MR) is 140 cm³/mol. The molecule has 5 rings (SSSR count). The molecule has 7 nitrogen and oxygen atoms in total. The molecule has 36 heavy (non-hydrogen) atoms. The van der Waals surface area contributed by atoms with Crippen molar-refractivity contribution in [3.8, 4) is 0 Å². The molecule has 2 amide bonds. The number of piperidine rings is 1. The quantitative estimate of drug-likeness (QED) is 0.448. The molecule has 192 valence electrons. The van der Waals surface area contributed by atoms with E-state index in [9.17, 15) is 14.8 Å². The number of amides is 2. The largest absolute Gasteiger partial charge is 0.343 e. The molecule has 2 aliphatic heterocycles. The summed E-state index contributed by atoms with van der Waals surface area (Å²) in [6.07, 6.45) is 5.73. The van der Waals surface area contributed by atoms with Gasteiger partial charge in [-0.2, -0.15) is 0 Å². The monoisotopic (exact) mass is 575 g/mol.